The molecule has 0 saturated carbocycles. The third-order valence-corrected chi connectivity index (χ3v) is 3.75. The maximum Gasteiger partial charge on any atom is 0.226 e. The number of rotatable bonds is 8. The van der Waals surface area contributed by atoms with Gasteiger partial charge in [0.05, 0.1) is 31.9 Å². The van der Waals surface area contributed by atoms with Gasteiger partial charge >= 0.3 is 0 Å². The van der Waals surface area contributed by atoms with Crippen LogP contribution < -0.4 is 20.1 Å². The number of amides is 2. The highest BCUT2D eigenvalue weighted by molar-refractivity contribution is 5.93. The van der Waals surface area contributed by atoms with Gasteiger partial charge in [-0.05, 0) is 36.8 Å². The van der Waals surface area contributed by atoms with Crippen molar-refractivity contribution in [2.45, 2.75) is 26.3 Å². The van der Waals surface area contributed by atoms with E-state index in [0.29, 0.717) is 23.8 Å². The predicted octanol–water partition coefficient (Wildman–Crippen LogP) is 3.30. The molecule has 0 spiro atoms. The van der Waals surface area contributed by atoms with Crippen molar-refractivity contribution in [1.29, 1.82) is 0 Å². The number of ether oxygens (including phenoxy) is 2. The fourth-order valence-electron chi connectivity index (χ4n) is 2.57. The Balaban J connectivity index is 2.12. The summed E-state index contributed by atoms with van der Waals surface area (Å²) in [6.07, 6.45) is 0.104. The Labute approximate surface area is 153 Å². The minimum atomic E-state index is -0.433. The average molecular weight is 356 g/mol. The molecule has 0 saturated heterocycles. The number of nitrogens with one attached hydrogen (secondary N) is 2. The van der Waals surface area contributed by atoms with Crippen LogP contribution in [0.3, 0.4) is 0 Å². The molecule has 26 heavy (non-hydrogen) atoms. The minimum absolute atomic E-state index is 0.104. The molecule has 0 radical (unpaired) electrons. The van der Waals surface area contributed by atoms with Crippen LogP contribution in [0.2, 0.25) is 0 Å². The van der Waals surface area contributed by atoms with E-state index >= 15 is 0 Å². The first-order valence-electron chi connectivity index (χ1n) is 8.46. The van der Waals surface area contributed by atoms with Crippen molar-refractivity contribution in [3.8, 4) is 11.5 Å². The predicted molar refractivity (Wildman–Crippen MR) is 100 cm³/mol. The summed E-state index contributed by atoms with van der Waals surface area (Å²) in [4.78, 5) is 24.1. The van der Waals surface area contributed by atoms with Gasteiger partial charge in [0, 0.05) is 6.92 Å². The van der Waals surface area contributed by atoms with Crippen LogP contribution in [-0.2, 0) is 9.59 Å². The Morgan fingerprint density at radius 3 is 2.38 bits per heavy atom. The molecule has 138 valence electrons. The first-order valence-corrected chi connectivity index (χ1v) is 8.46. The van der Waals surface area contributed by atoms with Gasteiger partial charge in [-0.2, -0.15) is 0 Å². The minimum Gasteiger partial charge on any atom is -0.497 e. The summed E-state index contributed by atoms with van der Waals surface area (Å²) >= 11 is 0. The monoisotopic (exact) mass is 356 g/mol. The second kappa shape index (κ2) is 9.46. The van der Waals surface area contributed by atoms with E-state index in [1.54, 1.807) is 31.4 Å². The molecule has 0 aliphatic rings. The highest BCUT2D eigenvalue weighted by atomic mass is 16.5. The first kappa shape index (κ1) is 19.3. The smallest absolute Gasteiger partial charge is 0.226 e. The summed E-state index contributed by atoms with van der Waals surface area (Å²) in [5, 5.41) is 5.67. The summed E-state index contributed by atoms with van der Waals surface area (Å²) in [6.45, 7) is 3.82. The summed E-state index contributed by atoms with van der Waals surface area (Å²) in [7, 11) is 1.59. The van der Waals surface area contributed by atoms with Crippen LogP contribution in [-0.4, -0.2) is 25.5 Å². The van der Waals surface area contributed by atoms with Crippen LogP contribution in [0.15, 0.2) is 48.5 Å². The molecule has 1 atom stereocenters. The molecular weight excluding hydrogens is 332 g/mol. The zero-order valence-electron chi connectivity index (χ0n) is 15.2. The molecule has 2 aromatic carbocycles. The van der Waals surface area contributed by atoms with E-state index in [4.69, 9.17) is 9.47 Å². The lowest BCUT2D eigenvalue weighted by molar-refractivity contribution is -0.120. The van der Waals surface area contributed by atoms with Crippen molar-refractivity contribution in [2.24, 2.45) is 0 Å². The number of hydrogen-bond donors (Lipinski definition) is 2. The molecule has 0 fully saturated rings. The van der Waals surface area contributed by atoms with Crippen LogP contribution in [0.5, 0.6) is 11.5 Å². The first-order chi connectivity index (χ1) is 12.5. The normalized spacial score (nSPS) is 11.3. The highest BCUT2D eigenvalue weighted by Crippen LogP contribution is 2.25. The third-order valence-electron chi connectivity index (χ3n) is 3.75. The molecule has 0 aliphatic heterocycles. The summed E-state index contributed by atoms with van der Waals surface area (Å²) in [6, 6.07) is 14.1. The Bertz CT molecular complexity index is 744. The van der Waals surface area contributed by atoms with E-state index < -0.39 is 6.04 Å². The van der Waals surface area contributed by atoms with Crippen molar-refractivity contribution >= 4 is 17.5 Å². The highest BCUT2D eigenvalue weighted by Gasteiger charge is 2.18. The zero-order valence-corrected chi connectivity index (χ0v) is 15.2. The lowest BCUT2D eigenvalue weighted by atomic mass is 10.0. The zero-order chi connectivity index (χ0) is 18.9. The maximum atomic E-state index is 12.5. The van der Waals surface area contributed by atoms with Gasteiger partial charge in [-0.1, -0.05) is 24.3 Å². The van der Waals surface area contributed by atoms with Gasteiger partial charge in [-0.3, -0.25) is 9.59 Å². The Hall–Kier alpha value is -3.02. The van der Waals surface area contributed by atoms with Gasteiger partial charge in [-0.25, -0.2) is 0 Å². The van der Waals surface area contributed by atoms with Crippen molar-refractivity contribution in [2.75, 3.05) is 19.0 Å². The van der Waals surface area contributed by atoms with Crippen LogP contribution in [0, 0.1) is 0 Å². The largest absolute Gasteiger partial charge is 0.497 e. The number of methoxy groups -OCH3 is 1. The van der Waals surface area contributed by atoms with E-state index in [0.717, 1.165) is 5.56 Å². The van der Waals surface area contributed by atoms with E-state index in [-0.39, 0.29) is 18.2 Å². The van der Waals surface area contributed by atoms with E-state index in [2.05, 4.69) is 10.6 Å². The molecule has 6 heteroatoms. The number of hydrogen-bond acceptors (Lipinski definition) is 4. The lowest BCUT2D eigenvalue weighted by Gasteiger charge is -2.19. The molecule has 2 rings (SSSR count). The van der Waals surface area contributed by atoms with Crippen molar-refractivity contribution in [1.82, 2.24) is 5.32 Å². The molecule has 0 aromatic heterocycles. The van der Waals surface area contributed by atoms with Crippen molar-refractivity contribution < 1.29 is 19.1 Å². The Morgan fingerprint density at radius 1 is 1.08 bits per heavy atom. The maximum absolute atomic E-state index is 12.5. The topological polar surface area (TPSA) is 76.7 Å². The fourth-order valence-corrected chi connectivity index (χ4v) is 2.57. The van der Waals surface area contributed by atoms with Crippen molar-refractivity contribution in [3.63, 3.8) is 0 Å². The molecule has 2 aromatic rings. The number of carbonyl (C=O) groups is 2. The summed E-state index contributed by atoms with van der Waals surface area (Å²) in [5.41, 5.74) is 1.44. The van der Waals surface area contributed by atoms with Crippen LogP contribution in [0.4, 0.5) is 5.69 Å². The van der Waals surface area contributed by atoms with Crippen LogP contribution in [0.1, 0.15) is 31.9 Å². The van der Waals surface area contributed by atoms with E-state index in [1.807, 2.05) is 31.2 Å². The quantitative estimate of drug-likeness (QED) is 0.761. The second-order valence-corrected chi connectivity index (χ2v) is 5.71. The number of anilines is 1. The molecule has 0 bridgehead atoms. The van der Waals surface area contributed by atoms with Gasteiger partial charge < -0.3 is 20.1 Å². The summed E-state index contributed by atoms with van der Waals surface area (Å²) < 4.78 is 10.7. The van der Waals surface area contributed by atoms with E-state index in [9.17, 15) is 9.59 Å². The van der Waals surface area contributed by atoms with Gasteiger partial charge in [0.15, 0.2) is 0 Å². The molecular formula is C20H24N2O4. The third kappa shape index (κ3) is 5.51. The standard InChI is InChI=1S/C20H24N2O4/c1-4-26-19-8-6-5-7-17(19)22-20(24)13-18(21-14(2)23)15-9-11-16(25-3)12-10-15/h5-12,18H,4,13H2,1-3H3,(H,21,23)(H,22,24)/t18-/m1/s1. The van der Waals surface area contributed by atoms with Crippen molar-refractivity contribution in [3.05, 3.63) is 54.1 Å². The number of para-hydroxylation sites is 2. The lowest BCUT2D eigenvalue weighted by Crippen LogP contribution is -2.29. The fraction of sp³-hybridized carbons (Fsp3) is 0.300. The molecule has 0 heterocycles. The van der Waals surface area contributed by atoms with Crippen LogP contribution >= 0.6 is 0 Å². The molecule has 6 nitrogen and oxygen atoms in total. The molecule has 0 unspecified atom stereocenters. The van der Waals surface area contributed by atoms with Gasteiger partial charge in [0.1, 0.15) is 11.5 Å². The Kier molecular flexibility index (Phi) is 7.02. The number of benzene rings is 2. The molecule has 2 N–H and O–H groups in total. The van der Waals surface area contributed by atoms with E-state index in [1.165, 1.54) is 6.92 Å². The molecule has 2 amide bonds. The van der Waals surface area contributed by atoms with Gasteiger partial charge in [-0.15, -0.1) is 0 Å². The summed E-state index contributed by atoms with van der Waals surface area (Å²) in [5.74, 6) is 0.911. The molecule has 0 aliphatic carbocycles. The van der Waals surface area contributed by atoms with Crippen LogP contribution in [0.25, 0.3) is 0 Å². The van der Waals surface area contributed by atoms with Gasteiger partial charge in [0.2, 0.25) is 11.8 Å². The SMILES string of the molecule is CCOc1ccccc1NC(=O)C[C@@H](NC(C)=O)c1ccc(OC)cc1. The van der Waals surface area contributed by atoms with Gasteiger partial charge in [0.25, 0.3) is 0 Å². The second-order valence-electron chi connectivity index (χ2n) is 5.71. The Morgan fingerprint density at radius 2 is 1.77 bits per heavy atom. The average Bonchev–Trinajstić information content (AvgIpc) is 2.63. The number of carbonyl (C=O) groups excluding carboxylic acids is 2.